The third kappa shape index (κ3) is 3.65. The van der Waals surface area contributed by atoms with E-state index in [1.165, 1.54) is 6.07 Å². The van der Waals surface area contributed by atoms with E-state index in [4.69, 9.17) is 9.84 Å². The number of carboxylic acid groups (broad SMARTS) is 1. The van der Waals surface area contributed by atoms with Crippen molar-refractivity contribution in [2.24, 2.45) is 0 Å². The number of carbonyl (C=O) groups is 1. The van der Waals surface area contributed by atoms with Crippen LogP contribution in [0, 0.1) is 17.0 Å². The second-order valence-electron chi connectivity index (χ2n) is 4.23. The molecule has 19 heavy (non-hydrogen) atoms. The standard InChI is InChI=1S/C12H16N2O5/c1-7(6-19-3)13-10-4-9(12(15)16)5-11(8(10)2)14(17)18/h4-5,7,13H,6H2,1-3H3,(H,15,16). The average Bonchev–Trinajstić information content (AvgIpc) is 2.31. The van der Waals surface area contributed by atoms with Gasteiger partial charge in [0.15, 0.2) is 0 Å². The summed E-state index contributed by atoms with van der Waals surface area (Å²) in [5.74, 6) is -1.20. The van der Waals surface area contributed by atoms with Crippen molar-refractivity contribution in [3.05, 3.63) is 33.4 Å². The molecule has 0 heterocycles. The van der Waals surface area contributed by atoms with E-state index in [1.807, 2.05) is 6.92 Å². The van der Waals surface area contributed by atoms with Crippen LogP contribution < -0.4 is 5.32 Å². The van der Waals surface area contributed by atoms with Gasteiger partial charge < -0.3 is 15.2 Å². The highest BCUT2D eigenvalue weighted by Gasteiger charge is 2.19. The number of carboxylic acids is 1. The lowest BCUT2D eigenvalue weighted by Crippen LogP contribution is -2.21. The Morgan fingerprint density at radius 1 is 1.58 bits per heavy atom. The van der Waals surface area contributed by atoms with Gasteiger partial charge in [-0.15, -0.1) is 0 Å². The van der Waals surface area contributed by atoms with Gasteiger partial charge in [-0.25, -0.2) is 4.79 Å². The molecule has 0 spiro atoms. The molecule has 0 aliphatic rings. The van der Waals surface area contributed by atoms with Crippen LogP contribution in [-0.2, 0) is 4.74 Å². The van der Waals surface area contributed by atoms with E-state index in [1.54, 1.807) is 14.0 Å². The Morgan fingerprint density at radius 3 is 2.68 bits per heavy atom. The molecule has 0 radical (unpaired) electrons. The van der Waals surface area contributed by atoms with Gasteiger partial charge in [-0.3, -0.25) is 10.1 Å². The smallest absolute Gasteiger partial charge is 0.336 e. The Balaban J connectivity index is 3.21. The van der Waals surface area contributed by atoms with Crippen molar-refractivity contribution in [3.63, 3.8) is 0 Å². The summed E-state index contributed by atoms with van der Waals surface area (Å²) in [4.78, 5) is 21.3. The highest BCUT2D eigenvalue weighted by atomic mass is 16.6. The molecule has 7 heteroatoms. The van der Waals surface area contributed by atoms with Gasteiger partial charge in [-0.1, -0.05) is 0 Å². The zero-order valence-corrected chi connectivity index (χ0v) is 11.0. The highest BCUT2D eigenvalue weighted by molar-refractivity contribution is 5.90. The Bertz CT molecular complexity index is 501. The highest BCUT2D eigenvalue weighted by Crippen LogP contribution is 2.28. The normalized spacial score (nSPS) is 11.9. The number of methoxy groups -OCH3 is 1. The number of nitro groups is 1. The van der Waals surface area contributed by atoms with Crippen LogP contribution in [0.2, 0.25) is 0 Å². The molecule has 7 nitrogen and oxygen atoms in total. The number of anilines is 1. The first-order chi connectivity index (χ1) is 8.86. The average molecular weight is 268 g/mol. The lowest BCUT2D eigenvalue weighted by molar-refractivity contribution is -0.385. The summed E-state index contributed by atoms with van der Waals surface area (Å²) in [7, 11) is 1.54. The molecule has 1 aromatic rings. The zero-order valence-electron chi connectivity index (χ0n) is 11.0. The van der Waals surface area contributed by atoms with Crippen molar-refractivity contribution >= 4 is 17.3 Å². The van der Waals surface area contributed by atoms with Crippen LogP contribution in [0.25, 0.3) is 0 Å². The maximum atomic E-state index is 11.0. The molecule has 0 fully saturated rings. The van der Waals surface area contributed by atoms with Gasteiger partial charge in [0, 0.05) is 30.5 Å². The van der Waals surface area contributed by atoms with E-state index in [9.17, 15) is 14.9 Å². The predicted molar refractivity (Wildman–Crippen MR) is 69.8 cm³/mol. The van der Waals surface area contributed by atoms with Crippen LogP contribution in [0.3, 0.4) is 0 Å². The third-order valence-electron chi connectivity index (χ3n) is 2.64. The molecule has 0 bridgehead atoms. The van der Waals surface area contributed by atoms with Crippen molar-refractivity contribution in [3.8, 4) is 0 Å². The van der Waals surface area contributed by atoms with Crippen LogP contribution in [0.15, 0.2) is 12.1 Å². The third-order valence-corrected chi connectivity index (χ3v) is 2.64. The summed E-state index contributed by atoms with van der Waals surface area (Å²) in [5.41, 5.74) is 0.491. The number of hydrogen-bond acceptors (Lipinski definition) is 5. The van der Waals surface area contributed by atoms with E-state index in [2.05, 4.69) is 5.32 Å². The van der Waals surface area contributed by atoms with Crippen molar-refractivity contribution in [1.82, 2.24) is 0 Å². The minimum absolute atomic E-state index is 0.0904. The molecule has 0 aromatic heterocycles. The fraction of sp³-hybridized carbons (Fsp3) is 0.417. The zero-order chi connectivity index (χ0) is 14.6. The molecule has 2 N–H and O–H groups in total. The van der Waals surface area contributed by atoms with Gasteiger partial charge >= 0.3 is 5.97 Å². The molecule has 0 amide bonds. The summed E-state index contributed by atoms with van der Waals surface area (Å²) in [6.07, 6.45) is 0. The van der Waals surface area contributed by atoms with Gasteiger partial charge in [0.1, 0.15) is 0 Å². The summed E-state index contributed by atoms with van der Waals surface area (Å²) < 4.78 is 4.96. The van der Waals surface area contributed by atoms with E-state index in [-0.39, 0.29) is 17.3 Å². The number of ether oxygens (including phenoxy) is 1. The Hall–Kier alpha value is -2.15. The fourth-order valence-electron chi connectivity index (χ4n) is 1.72. The molecule has 1 rings (SSSR count). The number of aromatic carboxylic acids is 1. The molecule has 0 aliphatic heterocycles. The Morgan fingerprint density at radius 2 is 2.21 bits per heavy atom. The molecular weight excluding hydrogens is 252 g/mol. The van der Waals surface area contributed by atoms with Crippen molar-refractivity contribution in [1.29, 1.82) is 0 Å². The van der Waals surface area contributed by atoms with Crippen LogP contribution >= 0.6 is 0 Å². The number of rotatable bonds is 6. The summed E-state index contributed by atoms with van der Waals surface area (Å²) in [5, 5.41) is 22.9. The second-order valence-corrected chi connectivity index (χ2v) is 4.23. The summed E-state index contributed by atoms with van der Waals surface area (Å²) >= 11 is 0. The van der Waals surface area contributed by atoms with E-state index in [0.29, 0.717) is 17.9 Å². The Kier molecular flexibility index (Phi) is 4.82. The van der Waals surface area contributed by atoms with E-state index >= 15 is 0 Å². The number of nitrogens with one attached hydrogen (secondary N) is 1. The maximum absolute atomic E-state index is 11.0. The molecule has 1 aromatic carbocycles. The predicted octanol–water partition coefficient (Wildman–Crippen LogP) is 2.05. The van der Waals surface area contributed by atoms with Gasteiger partial charge in [0.2, 0.25) is 0 Å². The van der Waals surface area contributed by atoms with Gasteiger partial charge in [0.25, 0.3) is 5.69 Å². The lowest BCUT2D eigenvalue weighted by Gasteiger charge is -2.16. The van der Waals surface area contributed by atoms with Crippen molar-refractivity contribution < 1.29 is 19.6 Å². The van der Waals surface area contributed by atoms with Gasteiger partial charge in [-0.2, -0.15) is 0 Å². The van der Waals surface area contributed by atoms with Crippen LogP contribution in [0.4, 0.5) is 11.4 Å². The van der Waals surface area contributed by atoms with Gasteiger partial charge in [0.05, 0.1) is 17.1 Å². The quantitative estimate of drug-likeness (QED) is 0.604. The molecule has 104 valence electrons. The molecule has 1 atom stereocenters. The number of benzene rings is 1. The first-order valence-corrected chi connectivity index (χ1v) is 5.64. The number of nitrogens with zero attached hydrogens (tertiary/aromatic N) is 1. The molecule has 0 saturated carbocycles. The molecule has 0 saturated heterocycles. The fourth-order valence-corrected chi connectivity index (χ4v) is 1.72. The minimum atomic E-state index is -1.20. The monoisotopic (exact) mass is 268 g/mol. The molecule has 0 aliphatic carbocycles. The van der Waals surface area contributed by atoms with Gasteiger partial charge in [-0.05, 0) is 19.9 Å². The topological polar surface area (TPSA) is 102 Å². The first kappa shape index (κ1) is 14.9. The van der Waals surface area contributed by atoms with E-state index < -0.39 is 10.9 Å². The number of hydrogen-bond donors (Lipinski definition) is 2. The summed E-state index contributed by atoms with van der Waals surface area (Å²) in [6.45, 7) is 3.82. The van der Waals surface area contributed by atoms with E-state index in [0.717, 1.165) is 6.07 Å². The summed E-state index contributed by atoms with van der Waals surface area (Å²) in [6, 6.07) is 2.35. The van der Waals surface area contributed by atoms with Crippen molar-refractivity contribution in [2.75, 3.05) is 19.0 Å². The van der Waals surface area contributed by atoms with Crippen LogP contribution in [-0.4, -0.2) is 35.8 Å². The Labute approximate surface area is 110 Å². The SMILES string of the molecule is COCC(C)Nc1cc(C(=O)O)cc([N+](=O)[O-])c1C. The maximum Gasteiger partial charge on any atom is 0.336 e. The molecule has 1 unspecified atom stereocenters. The van der Waals surface area contributed by atoms with Crippen molar-refractivity contribution in [2.45, 2.75) is 19.9 Å². The number of nitro benzene ring substituents is 1. The van der Waals surface area contributed by atoms with Crippen LogP contribution in [0.1, 0.15) is 22.8 Å². The first-order valence-electron chi connectivity index (χ1n) is 5.64. The largest absolute Gasteiger partial charge is 0.478 e. The van der Waals surface area contributed by atoms with Crippen LogP contribution in [0.5, 0.6) is 0 Å². The lowest BCUT2D eigenvalue weighted by atomic mass is 10.1. The minimum Gasteiger partial charge on any atom is -0.478 e. The molecular formula is C12H16N2O5. The second kappa shape index (κ2) is 6.14.